The molecule has 7 heteroatoms. The summed E-state index contributed by atoms with van der Waals surface area (Å²) in [5, 5.41) is 6.37. The minimum absolute atomic E-state index is 0.124. The zero-order valence-electron chi connectivity index (χ0n) is 12.9. The quantitative estimate of drug-likeness (QED) is 0.625. The molecule has 1 fully saturated rings. The smallest absolute Gasteiger partial charge is 0.387 e. The Hall–Kier alpha value is -2.05. The van der Waals surface area contributed by atoms with Crippen LogP contribution < -0.4 is 20.1 Å². The minimum Gasteiger partial charge on any atom is -0.497 e. The van der Waals surface area contributed by atoms with Gasteiger partial charge in [0.25, 0.3) is 0 Å². The fourth-order valence-corrected chi connectivity index (χ4v) is 2.10. The van der Waals surface area contributed by atoms with Gasteiger partial charge in [-0.3, -0.25) is 4.99 Å². The van der Waals surface area contributed by atoms with Gasteiger partial charge in [0.1, 0.15) is 11.5 Å². The van der Waals surface area contributed by atoms with Crippen molar-refractivity contribution in [2.45, 2.75) is 32.5 Å². The highest BCUT2D eigenvalue weighted by Crippen LogP contribution is 2.29. The molecule has 0 bridgehead atoms. The lowest BCUT2D eigenvalue weighted by molar-refractivity contribution is -0.0504. The average Bonchev–Trinajstić information content (AvgIpc) is 3.19. The maximum Gasteiger partial charge on any atom is 0.387 e. The van der Waals surface area contributed by atoms with Crippen LogP contribution in [0, 0.1) is 5.92 Å². The summed E-state index contributed by atoms with van der Waals surface area (Å²) in [5.41, 5.74) is 0.575. The molecule has 1 aromatic carbocycles. The lowest BCUT2D eigenvalue weighted by Crippen LogP contribution is -2.38. The molecule has 22 heavy (non-hydrogen) atoms. The van der Waals surface area contributed by atoms with E-state index in [2.05, 4.69) is 27.3 Å². The Kier molecular flexibility index (Phi) is 5.41. The molecular weight excluding hydrogens is 292 g/mol. The number of nitrogens with one attached hydrogen (secondary N) is 2. The summed E-state index contributed by atoms with van der Waals surface area (Å²) in [6.07, 6.45) is 1.11. The van der Waals surface area contributed by atoms with Crippen LogP contribution in [0.2, 0.25) is 0 Å². The highest BCUT2D eigenvalue weighted by Gasteiger charge is 2.33. The Balaban J connectivity index is 2.02. The first kappa shape index (κ1) is 16.3. The molecule has 0 radical (unpaired) electrons. The summed E-state index contributed by atoms with van der Waals surface area (Å²) in [7, 11) is 3.19. The Morgan fingerprint density at radius 3 is 2.73 bits per heavy atom. The van der Waals surface area contributed by atoms with Crippen molar-refractivity contribution in [3.8, 4) is 11.5 Å². The number of hydrogen-bond acceptors (Lipinski definition) is 3. The molecule has 2 unspecified atom stereocenters. The summed E-state index contributed by atoms with van der Waals surface area (Å²) < 4.78 is 34.6. The van der Waals surface area contributed by atoms with Crippen LogP contribution in [0.4, 0.5) is 8.78 Å². The molecule has 5 nitrogen and oxygen atoms in total. The largest absolute Gasteiger partial charge is 0.497 e. The molecule has 1 saturated carbocycles. The highest BCUT2D eigenvalue weighted by molar-refractivity contribution is 5.80. The van der Waals surface area contributed by atoms with E-state index in [1.165, 1.54) is 13.2 Å². The Bertz CT molecular complexity index is 538. The number of guanidine groups is 1. The van der Waals surface area contributed by atoms with Gasteiger partial charge in [0.2, 0.25) is 0 Å². The fraction of sp³-hybridized carbons (Fsp3) is 0.533. The molecule has 0 heterocycles. The van der Waals surface area contributed by atoms with E-state index in [0.717, 1.165) is 6.42 Å². The maximum atomic E-state index is 12.5. The van der Waals surface area contributed by atoms with Crippen LogP contribution in [0.15, 0.2) is 23.2 Å². The fourth-order valence-electron chi connectivity index (χ4n) is 2.10. The van der Waals surface area contributed by atoms with Gasteiger partial charge < -0.3 is 20.1 Å². The van der Waals surface area contributed by atoms with Crippen molar-refractivity contribution < 1.29 is 18.3 Å². The third-order valence-corrected chi connectivity index (χ3v) is 3.59. The van der Waals surface area contributed by atoms with Gasteiger partial charge in [0.15, 0.2) is 5.96 Å². The van der Waals surface area contributed by atoms with E-state index in [4.69, 9.17) is 4.74 Å². The Labute approximate surface area is 128 Å². The summed E-state index contributed by atoms with van der Waals surface area (Å²) >= 11 is 0. The van der Waals surface area contributed by atoms with E-state index in [9.17, 15) is 8.78 Å². The molecule has 0 aromatic heterocycles. The topological polar surface area (TPSA) is 54.9 Å². The third-order valence-electron chi connectivity index (χ3n) is 3.59. The molecule has 1 aliphatic rings. The Morgan fingerprint density at radius 2 is 2.18 bits per heavy atom. The van der Waals surface area contributed by atoms with Gasteiger partial charge >= 0.3 is 6.61 Å². The lowest BCUT2D eigenvalue weighted by atomic mass is 10.2. The van der Waals surface area contributed by atoms with E-state index in [1.807, 2.05) is 0 Å². The standard InChI is InChI=1S/C15H21F2N3O2/c1-9-6-12(9)20-15(18-2)19-8-10-7-11(21-3)4-5-13(10)22-14(16)17/h4-5,7,9,12,14H,6,8H2,1-3H3,(H2,18,19,20). The van der Waals surface area contributed by atoms with E-state index in [-0.39, 0.29) is 5.75 Å². The van der Waals surface area contributed by atoms with Crippen LogP contribution in [0.5, 0.6) is 11.5 Å². The van der Waals surface area contributed by atoms with E-state index in [1.54, 1.807) is 19.2 Å². The number of nitrogens with zero attached hydrogens (tertiary/aromatic N) is 1. The predicted octanol–water partition coefficient (Wildman–Crippen LogP) is 2.37. The second-order valence-corrected chi connectivity index (χ2v) is 5.24. The van der Waals surface area contributed by atoms with Crippen LogP contribution in [-0.4, -0.2) is 32.8 Å². The molecule has 0 amide bonds. The predicted molar refractivity (Wildman–Crippen MR) is 80.5 cm³/mol. The second kappa shape index (κ2) is 7.29. The number of ether oxygens (including phenoxy) is 2. The van der Waals surface area contributed by atoms with Gasteiger partial charge in [0, 0.05) is 25.2 Å². The summed E-state index contributed by atoms with van der Waals surface area (Å²) in [6, 6.07) is 5.15. The first-order valence-electron chi connectivity index (χ1n) is 7.12. The van der Waals surface area contributed by atoms with E-state index < -0.39 is 6.61 Å². The van der Waals surface area contributed by atoms with Crippen molar-refractivity contribution in [2.75, 3.05) is 14.2 Å². The van der Waals surface area contributed by atoms with Gasteiger partial charge in [-0.2, -0.15) is 8.78 Å². The summed E-state index contributed by atoms with van der Waals surface area (Å²) in [4.78, 5) is 4.13. The SMILES string of the molecule is CN=C(NCc1cc(OC)ccc1OC(F)F)NC1CC1C. The molecule has 1 aromatic rings. The average molecular weight is 313 g/mol. The van der Waals surface area contributed by atoms with Crippen molar-refractivity contribution in [1.29, 1.82) is 0 Å². The van der Waals surface area contributed by atoms with Gasteiger partial charge in [-0.05, 0) is 30.5 Å². The van der Waals surface area contributed by atoms with Gasteiger partial charge in [-0.15, -0.1) is 0 Å². The van der Waals surface area contributed by atoms with Gasteiger partial charge in [-0.1, -0.05) is 6.92 Å². The summed E-state index contributed by atoms with van der Waals surface area (Å²) in [6.45, 7) is -0.404. The summed E-state index contributed by atoms with van der Waals surface area (Å²) in [5.74, 6) is 1.98. The Morgan fingerprint density at radius 1 is 1.45 bits per heavy atom. The zero-order valence-corrected chi connectivity index (χ0v) is 12.9. The molecule has 2 rings (SSSR count). The molecule has 0 saturated heterocycles. The van der Waals surface area contributed by atoms with Gasteiger partial charge in [0.05, 0.1) is 7.11 Å². The van der Waals surface area contributed by atoms with Crippen LogP contribution in [0.25, 0.3) is 0 Å². The number of alkyl halides is 2. The van der Waals surface area contributed by atoms with Crippen molar-refractivity contribution in [3.05, 3.63) is 23.8 Å². The number of hydrogen-bond donors (Lipinski definition) is 2. The third kappa shape index (κ3) is 4.47. The molecule has 1 aliphatic carbocycles. The van der Waals surface area contributed by atoms with Crippen molar-refractivity contribution in [2.24, 2.45) is 10.9 Å². The molecule has 2 N–H and O–H groups in total. The monoisotopic (exact) mass is 313 g/mol. The molecular formula is C15H21F2N3O2. The number of benzene rings is 1. The second-order valence-electron chi connectivity index (χ2n) is 5.24. The van der Waals surface area contributed by atoms with Crippen LogP contribution in [-0.2, 0) is 6.54 Å². The lowest BCUT2D eigenvalue weighted by Gasteiger charge is -2.15. The highest BCUT2D eigenvalue weighted by atomic mass is 19.3. The van der Waals surface area contributed by atoms with Crippen molar-refractivity contribution in [1.82, 2.24) is 10.6 Å². The maximum absolute atomic E-state index is 12.5. The molecule has 0 spiro atoms. The van der Waals surface area contributed by atoms with E-state index in [0.29, 0.717) is 35.8 Å². The van der Waals surface area contributed by atoms with Crippen LogP contribution in [0.3, 0.4) is 0 Å². The minimum atomic E-state index is -2.86. The van der Waals surface area contributed by atoms with Crippen LogP contribution in [0.1, 0.15) is 18.9 Å². The number of rotatable bonds is 6. The van der Waals surface area contributed by atoms with Crippen molar-refractivity contribution >= 4 is 5.96 Å². The van der Waals surface area contributed by atoms with Crippen molar-refractivity contribution in [3.63, 3.8) is 0 Å². The first-order valence-corrected chi connectivity index (χ1v) is 7.12. The first-order chi connectivity index (χ1) is 10.5. The molecule has 0 aliphatic heterocycles. The number of aliphatic imine (C=N–C) groups is 1. The zero-order chi connectivity index (χ0) is 16.1. The molecule has 2 atom stereocenters. The number of halogens is 2. The normalized spacial score (nSPS) is 20.7. The van der Waals surface area contributed by atoms with Gasteiger partial charge in [-0.25, -0.2) is 0 Å². The van der Waals surface area contributed by atoms with E-state index >= 15 is 0 Å². The number of methoxy groups -OCH3 is 1. The molecule has 122 valence electrons. The van der Waals surface area contributed by atoms with Crippen LogP contribution >= 0.6 is 0 Å².